The Kier molecular flexibility index (Phi) is 6.11. The van der Waals surface area contributed by atoms with Crippen LogP contribution >= 0.6 is 0 Å². The number of piperidine rings is 1. The van der Waals surface area contributed by atoms with Gasteiger partial charge in [0.25, 0.3) is 5.56 Å². The van der Waals surface area contributed by atoms with Crippen LogP contribution in [0.1, 0.15) is 33.1 Å². The number of aromatic nitrogens is 2. The predicted octanol–water partition coefficient (Wildman–Crippen LogP) is 1.32. The fourth-order valence-corrected chi connectivity index (χ4v) is 3.63. The number of carbonyl (C=O) groups is 1. The number of hydrogen-bond donors (Lipinski definition) is 2. The first kappa shape index (κ1) is 19.4. The molecule has 1 aliphatic heterocycles. The standard InChI is InChI=1S/C20H28N4O3/c1-14-7-10-23(11-8-14)15(2)13-21-18(25)9-12-24-17-6-4-3-5-16(17)19(26)22-20(24)27/h3-6,14-15H,7-13H2,1-2H3,(H,21,25)(H,22,26,27). The molecular formula is C20H28N4O3. The number of nitrogens with one attached hydrogen (secondary N) is 2. The second kappa shape index (κ2) is 8.52. The van der Waals surface area contributed by atoms with E-state index in [1.807, 2.05) is 0 Å². The maximum Gasteiger partial charge on any atom is 0.328 e. The van der Waals surface area contributed by atoms with E-state index in [2.05, 4.69) is 29.0 Å². The summed E-state index contributed by atoms with van der Waals surface area (Å²) >= 11 is 0. The fraction of sp³-hybridized carbons (Fsp3) is 0.550. The normalized spacial score (nSPS) is 17.1. The van der Waals surface area contributed by atoms with Crippen molar-refractivity contribution in [3.05, 3.63) is 45.1 Å². The van der Waals surface area contributed by atoms with Gasteiger partial charge in [-0.25, -0.2) is 4.79 Å². The number of benzene rings is 1. The van der Waals surface area contributed by atoms with Crippen LogP contribution < -0.4 is 16.6 Å². The molecule has 27 heavy (non-hydrogen) atoms. The molecule has 1 aromatic heterocycles. The quantitative estimate of drug-likeness (QED) is 0.801. The Morgan fingerprint density at radius 3 is 2.70 bits per heavy atom. The number of likely N-dealkylation sites (tertiary alicyclic amines) is 1. The zero-order valence-corrected chi connectivity index (χ0v) is 16.0. The second-order valence-corrected chi connectivity index (χ2v) is 7.55. The summed E-state index contributed by atoms with van der Waals surface area (Å²) in [5, 5.41) is 3.42. The Balaban J connectivity index is 1.56. The number of rotatable bonds is 6. The Hall–Kier alpha value is -2.41. The van der Waals surface area contributed by atoms with E-state index in [1.165, 1.54) is 17.4 Å². The van der Waals surface area contributed by atoms with E-state index in [9.17, 15) is 14.4 Å². The van der Waals surface area contributed by atoms with Crippen LogP contribution in [0.2, 0.25) is 0 Å². The van der Waals surface area contributed by atoms with Gasteiger partial charge in [0.2, 0.25) is 5.91 Å². The molecule has 1 fully saturated rings. The number of carbonyl (C=O) groups excluding carboxylic acids is 1. The van der Waals surface area contributed by atoms with E-state index >= 15 is 0 Å². The number of hydrogen-bond acceptors (Lipinski definition) is 4. The van der Waals surface area contributed by atoms with Crippen LogP contribution in [0, 0.1) is 5.92 Å². The summed E-state index contributed by atoms with van der Waals surface area (Å²) in [5.41, 5.74) is -0.335. The second-order valence-electron chi connectivity index (χ2n) is 7.55. The van der Waals surface area contributed by atoms with Crippen LogP contribution in [0.5, 0.6) is 0 Å². The van der Waals surface area contributed by atoms with Crippen LogP contribution in [-0.2, 0) is 11.3 Å². The molecule has 2 heterocycles. The lowest BCUT2D eigenvalue weighted by molar-refractivity contribution is -0.121. The van der Waals surface area contributed by atoms with Crippen LogP contribution in [0.25, 0.3) is 10.9 Å². The number of nitrogens with zero attached hydrogens (tertiary/aromatic N) is 2. The molecule has 146 valence electrons. The highest BCUT2D eigenvalue weighted by Crippen LogP contribution is 2.17. The van der Waals surface area contributed by atoms with Crippen molar-refractivity contribution in [1.29, 1.82) is 0 Å². The van der Waals surface area contributed by atoms with E-state index in [1.54, 1.807) is 24.3 Å². The minimum Gasteiger partial charge on any atom is -0.354 e. The number of para-hydroxylation sites is 1. The molecule has 1 aromatic carbocycles. The van der Waals surface area contributed by atoms with Crippen molar-refractivity contribution in [2.24, 2.45) is 5.92 Å². The zero-order chi connectivity index (χ0) is 19.4. The fourth-order valence-electron chi connectivity index (χ4n) is 3.63. The molecule has 0 radical (unpaired) electrons. The SMILES string of the molecule is CC1CCN(C(C)CNC(=O)CCn2c(=O)[nH]c(=O)c3ccccc32)CC1. The van der Waals surface area contributed by atoms with Crippen LogP contribution in [0.4, 0.5) is 0 Å². The van der Waals surface area contributed by atoms with E-state index in [0.717, 1.165) is 19.0 Å². The molecule has 1 unspecified atom stereocenters. The molecule has 7 heteroatoms. The summed E-state index contributed by atoms with van der Waals surface area (Å²) in [6.45, 7) is 7.42. The third kappa shape index (κ3) is 4.66. The van der Waals surface area contributed by atoms with Gasteiger partial charge >= 0.3 is 5.69 Å². The molecule has 2 N–H and O–H groups in total. The summed E-state index contributed by atoms with van der Waals surface area (Å²) in [6.07, 6.45) is 2.61. The molecule has 0 aliphatic carbocycles. The maximum atomic E-state index is 12.3. The minimum absolute atomic E-state index is 0.0885. The number of aromatic amines is 1. The monoisotopic (exact) mass is 372 g/mol. The van der Waals surface area contributed by atoms with Gasteiger partial charge in [0, 0.05) is 25.6 Å². The van der Waals surface area contributed by atoms with Gasteiger partial charge in [-0.15, -0.1) is 0 Å². The number of aryl methyl sites for hydroxylation is 1. The Morgan fingerprint density at radius 1 is 1.26 bits per heavy atom. The molecule has 0 spiro atoms. The summed E-state index contributed by atoms with van der Waals surface area (Å²) in [4.78, 5) is 41.0. The average Bonchev–Trinajstić information content (AvgIpc) is 2.66. The van der Waals surface area contributed by atoms with Crippen LogP contribution in [0.15, 0.2) is 33.9 Å². The van der Waals surface area contributed by atoms with Gasteiger partial charge in [0.15, 0.2) is 0 Å². The van der Waals surface area contributed by atoms with Crippen molar-refractivity contribution in [2.75, 3.05) is 19.6 Å². The Labute approximate surface area is 158 Å². The zero-order valence-electron chi connectivity index (χ0n) is 16.0. The highest BCUT2D eigenvalue weighted by atomic mass is 16.2. The van der Waals surface area contributed by atoms with Gasteiger partial charge in [0.05, 0.1) is 10.9 Å². The smallest absolute Gasteiger partial charge is 0.328 e. The lowest BCUT2D eigenvalue weighted by atomic mass is 9.98. The predicted molar refractivity (Wildman–Crippen MR) is 106 cm³/mol. The van der Waals surface area contributed by atoms with Gasteiger partial charge in [-0.3, -0.25) is 24.0 Å². The van der Waals surface area contributed by atoms with Crippen molar-refractivity contribution < 1.29 is 4.79 Å². The number of fused-ring (bicyclic) bond motifs is 1. The summed E-state index contributed by atoms with van der Waals surface area (Å²) < 4.78 is 1.45. The number of H-pyrrole nitrogens is 1. The highest BCUT2D eigenvalue weighted by Gasteiger charge is 2.20. The van der Waals surface area contributed by atoms with Gasteiger partial charge in [-0.2, -0.15) is 0 Å². The third-order valence-corrected chi connectivity index (χ3v) is 5.50. The molecule has 0 bridgehead atoms. The van der Waals surface area contributed by atoms with Gasteiger partial charge < -0.3 is 5.32 Å². The van der Waals surface area contributed by atoms with Gasteiger partial charge in [0.1, 0.15) is 0 Å². The molecular weight excluding hydrogens is 344 g/mol. The summed E-state index contributed by atoms with van der Waals surface area (Å²) in [6, 6.07) is 7.23. The lowest BCUT2D eigenvalue weighted by Gasteiger charge is -2.35. The Morgan fingerprint density at radius 2 is 1.96 bits per heavy atom. The molecule has 3 rings (SSSR count). The number of amides is 1. The molecule has 1 amide bonds. The largest absolute Gasteiger partial charge is 0.354 e. The van der Waals surface area contributed by atoms with Crippen LogP contribution in [0.3, 0.4) is 0 Å². The molecule has 1 atom stereocenters. The average molecular weight is 372 g/mol. The molecule has 2 aromatic rings. The van der Waals surface area contributed by atoms with Gasteiger partial charge in [-0.05, 0) is 50.9 Å². The van der Waals surface area contributed by atoms with E-state index in [4.69, 9.17) is 0 Å². The van der Waals surface area contributed by atoms with Crippen LogP contribution in [-0.4, -0.2) is 46.0 Å². The lowest BCUT2D eigenvalue weighted by Crippen LogP contribution is -2.45. The van der Waals surface area contributed by atoms with Crippen molar-refractivity contribution in [1.82, 2.24) is 19.8 Å². The minimum atomic E-state index is -0.484. The molecule has 1 aliphatic rings. The van der Waals surface area contributed by atoms with E-state index < -0.39 is 11.2 Å². The van der Waals surface area contributed by atoms with E-state index in [0.29, 0.717) is 23.5 Å². The van der Waals surface area contributed by atoms with Crippen molar-refractivity contribution in [2.45, 2.75) is 45.7 Å². The maximum absolute atomic E-state index is 12.3. The highest BCUT2D eigenvalue weighted by molar-refractivity contribution is 5.78. The summed E-state index contributed by atoms with van der Waals surface area (Å²) in [5.74, 6) is 0.697. The van der Waals surface area contributed by atoms with Crippen molar-refractivity contribution >= 4 is 16.8 Å². The first-order valence-corrected chi connectivity index (χ1v) is 9.68. The Bertz CT molecular complexity index is 909. The molecule has 7 nitrogen and oxygen atoms in total. The first-order chi connectivity index (χ1) is 13.0. The van der Waals surface area contributed by atoms with Crippen molar-refractivity contribution in [3.8, 4) is 0 Å². The molecule has 0 saturated carbocycles. The summed E-state index contributed by atoms with van der Waals surface area (Å²) in [7, 11) is 0. The molecule has 1 saturated heterocycles. The topological polar surface area (TPSA) is 87.2 Å². The van der Waals surface area contributed by atoms with Crippen molar-refractivity contribution in [3.63, 3.8) is 0 Å². The van der Waals surface area contributed by atoms with Gasteiger partial charge in [-0.1, -0.05) is 19.1 Å². The third-order valence-electron chi connectivity index (χ3n) is 5.50. The first-order valence-electron chi connectivity index (χ1n) is 9.68. The van der Waals surface area contributed by atoms with E-state index in [-0.39, 0.29) is 18.9 Å².